The third kappa shape index (κ3) is 1.69. The van der Waals surface area contributed by atoms with E-state index in [1.807, 2.05) is 10.5 Å². The van der Waals surface area contributed by atoms with Crippen LogP contribution in [0.3, 0.4) is 0 Å². The molecule has 2 heterocycles. The van der Waals surface area contributed by atoms with E-state index < -0.39 is 0 Å². The first-order valence-electron chi connectivity index (χ1n) is 5.98. The maximum Gasteiger partial charge on any atom is 0.206 e. The summed E-state index contributed by atoms with van der Waals surface area (Å²) in [4.78, 5) is 5.21. The van der Waals surface area contributed by atoms with Crippen LogP contribution in [-0.2, 0) is 0 Å². The molecular weight excluding hydrogens is 258 g/mol. The zero-order valence-electron chi connectivity index (χ0n) is 11.1. The molecule has 5 heteroatoms. The van der Waals surface area contributed by atoms with Crippen molar-refractivity contribution < 1.29 is 4.74 Å². The molecule has 98 valence electrons. The highest BCUT2D eigenvalue weighted by Crippen LogP contribution is 2.34. The lowest BCUT2D eigenvalue weighted by molar-refractivity contribution is 0.411. The number of hydrogen-bond acceptors (Lipinski definition) is 4. The quantitative estimate of drug-likeness (QED) is 0.779. The number of ether oxygens (including phenoxy) is 1. The molecule has 2 N–H and O–H groups in total. The molecule has 0 aliphatic rings. The molecule has 3 rings (SSSR count). The molecule has 1 aromatic carbocycles. The Morgan fingerprint density at radius 1 is 1.26 bits per heavy atom. The molecule has 4 nitrogen and oxygen atoms in total. The van der Waals surface area contributed by atoms with Crippen molar-refractivity contribution in [1.29, 1.82) is 0 Å². The summed E-state index contributed by atoms with van der Waals surface area (Å²) in [6, 6.07) is 4.07. The van der Waals surface area contributed by atoms with Crippen molar-refractivity contribution in [3.05, 3.63) is 34.8 Å². The van der Waals surface area contributed by atoms with Crippen molar-refractivity contribution in [3.63, 3.8) is 0 Å². The van der Waals surface area contributed by atoms with Gasteiger partial charge in [0.05, 0.1) is 19.0 Å². The van der Waals surface area contributed by atoms with E-state index in [1.165, 1.54) is 5.56 Å². The molecule has 19 heavy (non-hydrogen) atoms. The Bertz CT molecular complexity index is 757. The molecule has 0 radical (unpaired) electrons. The Balaban J connectivity index is 2.27. The van der Waals surface area contributed by atoms with E-state index in [2.05, 4.69) is 30.3 Å². The highest BCUT2D eigenvalue weighted by atomic mass is 32.1. The van der Waals surface area contributed by atoms with Crippen molar-refractivity contribution in [1.82, 2.24) is 9.38 Å². The molecule has 0 aliphatic heterocycles. The first-order chi connectivity index (χ1) is 9.13. The first-order valence-corrected chi connectivity index (χ1v) is 6.86. The summed E-state index contributed by atoms with van der Waals surface area (Å²) in [5.41, 5.74) is 10.5. The number of hydrogen-bond donors (Lipinski definition) is 1. The topological polar surface area (TPSA) is 52.5 Å². The monoisotopic (exact) mass is 273 g/mol. The van der Waals surface area contributed by atoms with Gasteiger partial charge in [0.1, 0.15) is 10.6 Å². The second-order valence-electron chi connectivity index (χ2n) is 4.48. The van der Waals surface area contributed by atoms with Crippen LogP contribution in [0.4, 0.5) is 5.95 Å². The summed E-state index contributed by atoms with van der Waals surface area (Å²) in [5, 5.41) is 2.11. The van der Waals surface area contributed by atoms with E-state index in [0.717, 1.165) is 27.4 Å². The number of imidazole rings is 1. The summed E-state index contributed by atoms with van der Waals surface area (Å²) in [6.07, 6.45) is 1.80. The molecule has 3 aromatic rings. The average Bonchev–Trinajstić information content (AvgIpc) is 2.97. The Labute approximate surface area is 115 Å². The normalized spacial score (nSPS) is 11.1. The van der Waals surface area contributed by atoms with Gasteiger partial charge in [0.15, 0.2) is 0 Å². The molecule has 0 fully saturated rings. The zero-order chi connectivity index (χ0) is 13.6. The van der Waals surface area contributed by atoms with Gasteiger partial charge in [-0.2, -0.15) is 0 Å². The number of rotatable bonds is 2. The van der Waals surface area contributed by atoms with Gasteiger partial charge >= 0.3 is 0 Å². The van der Waals surface area contributed by atoms with E-state index >= 15 is 0 Å². The molecule has 0 bridgehead atoms. The van der Waals surface area contributed by atoms with Crippen LogP contribution in [0, 0.1) is 13.8 Å². The van der Waals surface area contributed by atoms with E-state index in [1.54, 1.807) is 24.6 Å². The number of nitrogen functional groups attached to an aromatic ring is 1. The summed E-state index contributed by atoms with van der Waals surface area (Å²) >= 11 is 1.64. The van der Waals surface area contributed by atoms with Crippen molar-refractivity contribution in [2.45, 2.75) is 13.8 Å². The maximum atomic E-state index is 5.94. The fourth-order valence-electron chi connectivity index (χ4n) is 2.32. The minimum Gasteiger partial charge on any atom is -0.496 e. The number of anilines is 1. The molecule has 0 amide bonds. The Kier molecular flexibility index (Phi) is 2.71. The second-order valence-corrected chi connectivity index (χ2v) is 5.37. The highest BCUT2D eigenvalue weighted by Gasteiger charge is 2.14. The van der Waals surface area contributed by atoms with E-state index in [-0.39, 0.29) is 0 Å². The van der Waals surface area contributed by atoms with Gasteiger partial charge in [0.25, 0.3) is 0 Å². The molecule has 0 unspecified atom stereocenters. The van der Waals surface area contributed by atoms with Gasteiger partial charge in [-0.05, 0) is 37.1 Å². The summed E-state index contributed by atoms with van der Waals surface area (Å²) < 4.78 is 7.34. The number of nitrogens with two attached hydrogens (primary N) is 1. The molecule has 0 saturated heterocycles. The molecule has 0 atom stereocenters. The lowest BCUT2D eigenvalue weighted by Gasteiger charge is -2.12. The van der Waals surface area contributed by atoms with Crippen molar-refractivity contribution in [2.24, 2.45) is 0 Å². The van der Waals surface area contributed by atoms with E-state index in [9.17, 15) is 0 Å². The van der Waals surface area contributed by atoms with Gasteiger partial charge in [0.2, 0.25) is 5.95 Å². The lowest BCUT2D eigenvalue weighted by Crippen LogP contribution is -1.98. The summed E-state index contributed by atoms with van der Waals surface area (Å²) in [5.74, 6) is 1.44. The Morgan fingerprint density at radius 3 is 2.79 bits per heavy atom. The molecule has 0 aliphatic carbocycles. The van der Waals surface area contributed by atoms with Gasteiger partial charge in [-0.3, -0.25) is 4.40 Å². The molecule has 0 spiro atoms. The van der Waals surface area contributed by atoms with Crippen LogP contribution < -0.4 is 10.5 Å². The van der Waals surface area contributed by atoms with Gasteiger partial charge < -0.3 is 10.5 Å². The predicted octanol–water partition coefficient (Wildman–Crippen LogP) is 3.27. The summed E-state index contributed by atoms with van der Waals surface area (Å²) in [6.45, 7) is 4.17. The molecular formula is C14H15N3OS. The van der Waals surface area contributed by atoms with Crippen molar-refractivity contribution in [3.8, 4) is 17.0 Å². The number of thiazole rings is 1. The van der Waals surface area contributed by atoms with Crippen LogP contribution >= 0.6 is 11.3 Å². The van der Waals surface area contributed by atoms with Crippen molar-refractivity contribution in [2.75, 3.05) is 12.8 Å². The standard InChI is InChI=1S/C14H15N3OS/c1-8-9(2)12(18-3)5-4-10(8)11-7-19-13-6-16-14(15)17(11)13/h4-7H,1-3H3,(H2,15,16). The smallest absolute Gasteiger partial charge is 0.206 e. The fourth-order valence-corrected chi connectivity index (χ4v) is 3.20. The van der Waals surface area contributed by atoms with Crippen molar-refractivity contribution >= 4 is 22.1 Å². The van der Waals surface area contributed by atoms with Crippen LogP contribution in [0.2, 0.25) is 0 Å². The molecule has 0 saturated carbocycles. The van der Waals surface area contributed by atoms with Crippen LogP contribution in [0.25, 0.3) is 16.1 Å². The summed E-state index contributed by atoms with van der Waals surface area (Å²) in [7, 11) is 1.69. The SMILES string of the molecule is COc1ccc(-c2csc3cnc(N)n23)c(C)c1C. The average molecular weight is 273 g/mol. The van der Waals surface area contributed by atoms with Gasteiger partial charge in [-0.15, -0.1) is 11.3 Å². The Hall–Kier alpha value is -2.01. The van der Waals surface area contributed by atoms with Gasteiger partial charge in [0, 0.05) is 10.9 Å². The van der Waals surface area contributed by atoms with Crippen LogP contribution in [-0.4, -0.2) is 16.5 Å². The third-order valence-electron chi connectivity index (χ3n) is 3.52. The van der Waals surface area contributed by atoms with Crippen LogP contribution in [0.1, 0.15) is 11.1 Å². The second kappa shape index (κ2) is 4.28. The predicted molar refractivity (Wildman–Crippen MR) is 78.9 cm³/mol. The minimum absolute atomic E-state index is 0.527. The third-order valence-corrected chi connectivity index (χ3v) is 4.39. The van der Waals surface area contributed by atoms with E-state index in [4.69, 9.17) is 10.5 Å². The molecule has 2 aromatic heterocycles. The number of nitrogens with zero attached hydrogens (tertiary/aromatic N) is 2. The van der Waals surface area contributed by atoms with Gasteiger partial charge in [-0.1, -0.05) is 0 Å². The zero-order valence-corrected chi connectivity index (χ0v) is 11.9. The van der Waals surface area contributed by atoms with Crippen LogP contribution in [0.5, 0.6) is 5.75 Å². The number of fused-ring (bicyclic) bond motifs is 1. The fraction of sp³-hybridized carbons (Fsp3) is 0.214. The highest BCUT2D eigenvalue weighted by molar-refractivity contribution is 7.16. The largest absolute Gasteiger partial charge is 0.496 e. The van der Waals surface area contributed by atoms with Crippen LogP contribution in [0.15, 0.2) is 23.7 Å². The lowest BCUT2D eigenvalue weighted by atomic mass is 10.0. The Morgan fingerprint density at radius 2 is 2.05 bits per heavy atom. The number of methoxy groups -OCH3 is 1. The minimum atomic E-state index is 0.527. The number of benzene rings is 1. The maximum absolute atomic E-state index is 5.94. The number of aromatic nitrogens is 2. The van der Waals surface area contributed by atoms with E-state index in [0.29, 0.717) is 5.95 Å². The first kappa shape index (κ1) is 12.0. The van der Waals surface area contributed by atoms with Gasteiger partial charge in [-0.25, -0.2) is 4.98 Å².